The van der Waals surface area contributed by atoms with Crippen LogP contribution in [-0.4, -0.2) is 15.0 Å². The zero-order valence-corrected chi connectivity index (χ0v) is 8.12. The van der Waals surface area contributed by atoms with E-state index in [1.807, 2.05) is 0 Å². The van der Waals surface area contributed by atoms with Gasteiger partial charge < -0.3 is 0 Å². The van der Waals surface area contributed by atoms with Gasteiger partial charge in [-0.1, -0.05) is 12.1 Å². The monoisotopic (exact) mass is 225 g/mol. The van der Waals surface area contributed by atoms with Gasteiger partial charge in [0.1, 0.15) is 5.82 Å². The molecule has 2 aromatic rings. The van der Waals surface area contributed by atoms with E-state index in [9.17, 15) is 9.18 Å². The number of hydrogen-bond acceptors (Lipinski definition) is 3. The fraction of sp³-hybridized carbons (Fsp3) is 0. The maximum Gasteiger partial charge on any atom is 0.349 e. The van der Waals surface area contributed by atoms with E-state index in [4.69, 9.17) is 11.6 Å². The number of nitrogens with one attached hydrogen (secondary N) is 1. The molecule has 1 N–H and O–H groups in total. The standard InChI is InChI=1S/C9H5ClFN3O/c10-8-12-7(13-9(15)14-8)5-3-1-2-4-6(5)11/h1-4H,(H,12,13,14,15). The van der Waals surface area contributed by atoms with Crippen LogP contribution in [0, 0.1) is 5.82 Å². The highest BCUT2D eigenvalue weighted by atomic mass is 35.5. The maximum absolute atomic E-state index is 13.3. The Morgan fingerprint density at radius 3 is 2.67 bits per heavy atom. The van der Waals surface area contributed by atoms with Crippen molar-refractivity contribution in [2.45, 2.75) is 0 Å². The molecule has 1 aromatic carbocycles. The molecule has 0 fully saturated rings. The van der Waals surface area contributed by atoms with E-state index in [0.29, 0.717) is 0 Å². The Morgan fingerprint density at radius 1 is 1.27 bits per heavy atom. The van der Waals surface area contributed by atoms with Crippen molar-refractivity contribution < 1.29 is 4.39 Å². The number of halogens is 2. The topological polar surface area (TPSA) is 58.6 Å². The van der Waals surface area contributed by atoms with E-state index >= 15 is 0 Å². The van der Waals surface area contributed by atoms with Gasteiger partial charge in [0.05, 0.1) is 5.56 Å². The average molecular weight is 226 g/mol. The zero-order valence-electron chi connectivity index (χ0n) is 7.37. The van der Waals surface area contributed by atoms with E-state index in [-0.39, 0.29) is 16.7 Å². The van der Waals surface area contributed by atoms with Gasteiger partial charge in [-0.2, -0.15) is 9.97 Å². The Labute approximate surface area is 88.8 Å². The number of nitrogens with zero attached hydrogens (tertiary/aromatic N) is 2. The highest BCUT2D eigenvalue weighted by Gasteiger charge is 2.08. The summed E-state index contributed by atoms with van der Waals surface area (Å²) in [7, 11) is 0. The van der Waals surface area contributed by atoms with Crippen LogP contribution < -0.4 is 5.69 Å². The molecule has 0 aliphatic rings. The van der Waals surface area contributed by atoms with Crippen molar-refractivity contribution in [3.63, 3.8) is 0 Å². The van der Waals surface area contributed by atoms with Gasteiger partial charge in [0.2, 0.25) is 5.28 Å². The lowest BCUT2D eigenvalue weighted by molar-refractivity contribution is 0.629. The maximum atomic E-state index is 13.3. The van der Waals surface area contributed by atoms with Gasteiger partial charge in [-0.05, 0) is 23.7 Å². The van der Waals surface area contributed by atoms with Crippen LogP contribution in [0.15, 0.2) is 29.1 Å². The third-order valence-electron chi connectivity index (χ3n) is 1.74. The molecular formula is C9H5ClFN3O. The van der Waals surface area contributed by atoms with Crippen LogP contribution in [0.5, 0.6) is 0 Å². The van der Waals surface area contributed by atoms with E-state index in [0.717, 1.165) is 0 Å². The van der Waals surface area contributed by atoms with Crippen LogP contribution in [-0.2, 0) is 0 Å². The Bertz CT molecular complexity index is 555. The van der Waals surface area contributed by atoms with Gasteiger partial charge in [-0.25, -0.2) is 9.18 Å². The molecule has 0 aliphatic carbocycles. The van der Waals surface area contributed by atoms with Crippen LogP contribution in [0.3, 0.4) is 0 Å². The minimum Gasteiger partial charge on any atom is -0.280 e. The summed E-state index contributed by atoms with van der Waals surface area (Å²) in [6.07, 6.45) is 0. The summed E-state index contributed by atoms with van der Waals surface area (Å²) in [5.41, 5.74) is -0.515. The molecule has 76 valence electrons. The average Bonchev–Trinajstić information content (AvgIpc) is 2.16. The third-order valence-corrected chi connectivity index (χ3v) is 1.92. The molecule has 0 amide bonds. The Kier molecular flexibility index (Phi) is 2.47. The Balaban J connectivity index is 2.64. The number of aromatic nitrogens is 3. The second-order valence-corrected chi connectivity index (χ2v) is 3.11. The SMILES string of the molecule is O=c1nc(-c2ccccc2F)nc(Cl)[nH]1. The number of benzene rings is 1. The molecule has 0 radical (unpaired) electrons. The Morgan fingerprint density at radius 2 is 2.00 bits per heavy atom. The summed E-state index contributed by atoms with van der Waals surface area (Å²) >= 11 is 5.52. The first-order chi connectivity index (χ1) is 7.16. The molecule has 0 bridgehead atoms. The van der Waals surface area contributed by atoms with Crippen LogP contribution in [0.2, 0.25) is 5.28 Å². The molecule has 0 aliphatic heterocycles. The Hall–Kier alpha value is -1.75. The number of hydrogen-bond donors (Lipinski definition) is 1. The van der Waals surface area contributed by atoms with Gasteiger partial charge in [0, 0.05) is 0 Å². The van der Waals surface area contributed by atoms with Crippen molar-refractivity contribution >= 4 is 11.6 Å². The van der Waals surface area contributed by atoms with Gasteiger partial charge in [-0.15, -0.1) is 0 Å². The minimum atomic E-state index is -0.659. The third kappa shape index (κ3) is 2.02. The van der Waals surface area contributed by atoms with E-state index < -0.39 is 11.5 Å². The molecule has 1 heterocycles. The predicted octanol–water partition coefficient (Wildman–Crippen LogP) is 1.62. The summed E-state index contributed by atoms with van der Waals surface area (Å²) in [5.74, 6) is -0.527. The summed E-state index contributed by atoms with van der Waals surface area (Å²) in [6.45, 7) is 0. The van der Waals surface area contributed by atoms with Crippen molar-refractivity contribution in [1.29, 1.82) is 0 Å². The highest BCUT2D eigenvalue weighted by molar-refractivity contribution is 6.28. The van der Waals surface area contributed by atoms with E-state index in [1.54, 1.807) is 6.07 Å². The lowest BCUT2D eigenvalue weighted by Crippen LogP contribution is -2.13. The van der Waals surface area contributed by atoms with Crippen molar-refractivity contribution in [3.05, 3.63) is 45.9 Å². The molecule has 0 unspecified atom stereocenters. The molecule has 1 aromatic heterocycles. The normalized spacial score (nSPS) is 10.3. The molecular weight excluding hydrogens is 221 g/mol. The quantitative estimate of drug-likeness (QED) is 0.802. The van der Waals surface area contributed by atoms with Gasteiger partial charge in [0.15, 0.2) is 5.82 Å². The minimum absolute atomic E-state index is 0.0261. The van der Waals surface area contributed by atoms with Crippen molar-refractivity contribution in [2.24, 2.45) is 0 Å². The van der Waals surface area contributed by atoms with Crippen molar-refractivity contribution in [2.75, 3.05) is 0 Å². The summed E-state index contributed by atoms with van der Waals surface area (Å²) in [6, 6.07) is 5.89. The lowest BCUT2D eigenvalue weighted by Gasteiger charge is -2.00. The second kappa shape index (κ2) is 3.78. The fourth-order valence-corrected chi connectivity index (χ4v) is 1.28. The molecule has 4 nitrogen and oxygen atoms in total. The van der Waals surface area contributed by atoms with Crippen LogP contribution in [0.25, 0.3) is 11.4 Å². The van der Waals surface area contributed by atoms with Gasteiger partial charge in [-0.3, -0.25) is 4.98 Å². The van der Waals surface area contributed by atoms with Crippen LogP contribution in [0.4, 0.5) is 4.39 Å². The largest absolute Gasteiger partial charge is 0.349 e. The summed E-state index contributed by atoms with van der Waals surface area (Å²) in [5, 5.41) is -0.117. The van der Waals surface area contributed by atoms with Crippen molar-refractivity contribution in [3.8, 4) is 11.4 Å². The summed E-state index contributed by atoms with van der Waals surface area (Å²) in [4.78, 5) is 20.4. The fourth-order valence-electron chi connectivity index (χ4n) is 1.12. The first-order valence-electron chi connectivity index (χ1n) is 4.05. The van der Waals surface area contributed by atoms with Crippen LogP contribution in [0.1, 0.15) is 0 Å². The van der Waals surface area contributed by atoms with Gasteiger partial charge >= 0.3 is 5.69 Å². The highest BCUT2D eigenvalue weighted by Crippen LogP contribution is 2.17. The van der Waals surface area contributed by atoms with Crippen LogP contribution >= 0.6 is 11.6 Å². The molecule has 6 heteroatoms. The molecule has 2 rings (SSSR count). The zero-order chi connectivity index (χ0) is 10.8. The number of rotatable bonds is 1. The first-order valence-corrected chi connectivity index (χ1v) is 4.43. The predicted molar refractivity (Wildman–Crippen MR) is 53.1 cm³/mol. The number of H-pyrrole nitrogens is 1. The second-order valence-electron chi connectivity index (χ2n) is 2.75. The number of aromatic amines is 1. The van der Waals surface area contributed by atoms with E-state index in [2.05, 4.69) is 15.0 Å². The van der Waals surface area contributed by atoms with Gasteiger partial charge in [0.25, 0.3) is 0 Å². The molecule has 0 atom stereocenters. The molecule has 0 spiro atoms. The molecule has 0 saturated heterocycles. The molecule has 15 heavy (non-hydrogen) atoms. The van der Waals surface area contributed by atoms with E-state index in [1.165, 1.54) is 18.2 Å². The summed E-state index contributed by atoms with van der Waals surface area (Å²) < 4.78 is 13.3. The lowest BCUT2D eigenvalue weighted by atomic mass is 10.2. The first kappa shape index (κ1) is 9.79. The van der Waals surface area contributed by atoms with Crippen molar-refractivity contribution in [1.82, 2.24) is 15.0 Å². The smallest absolute Gasteiger partial charge is 0.280 e. The molecule has 0 saturated carbocycles.